The first-order valence-corrected chi connectivity index (χ1v) is 12.3. The van der Waals surface area contributed by atoms with Crippen LogP contribution in [0.5, 0.6) is 0 Å². The third-order valence-corrected chi connectivity index (χ3v) is 7.18. The predicted octanol–water partition coefficient (Wildman–Crippen LogP) is 8.02. The van der Waals surface area contributed by atoms with E-state index in [0.29, 0.717) is 5.92 Å². The Morgan fingerprint density at radius 3 is 1.88 bits per heavy atom. The summed E-state index contributed by atoms with van der Waals surface area (Å²) in [7, 11) is 5.87. The van der Waals surface area contributed by atoms with E-state index in [1.807, 2.05) is 12.1 Å². The summed E-state index contributed by atoms with van der Waals surface area (Å²) < 4.78 is 1.11. The number of rotatable bonds is 6. The van der Waals surface area contributed by atoms with E-state index < -0.39 is 0 Å². The molecule has 0 saturated carbocycles. The second-order valence-electron chi connectivity index (χ2n) is 9.52. The molecular weight excluding hydrogens is 451 g/mol. The van der Waals surface area contributed by atoms with Crippen LogP contribution in [0.25, 0.3) is 16.7 Å². The van der Waals surface area contributed by atoms with Crippen LogP contribution in [-0.2, 0) is 5.41 Å². The minimum Gasteiger partial charge on any atom is -0.0966 e. The standard InChI is InChI=1S/C30H30BBr/c1-21(2)20-30(3,26-12-4-22(5-13-26)24-8-16-28(31)17-9-24)27-14-6-23(7-15-27)25-10-18-29(32)19-11-25/h4,6-12,14-19,21H,5,13,20H2,1-3H3. The van der Waals surface area contributed by atoms with Crippen molar-refractivity contribution < 1.29 is 0 Å². The van der Waals surface area contributed by atoms with Gasteiger partial charge < -0.3 is 0 Å². The number of halogens is 1. The van der Waals surface area contributed by atoms with E-state index in [-0.39, 0.29) is 5.41 Å². The predicted molar refractivity (Wildman–Crippen MR) is 144 cm³/mol. The van der Waals surface area contributed by atoms with Crippen molar-refractivity contribution in [3.8, 4) is 11.1 Å². The monoisotopic (exact) mass is 480 g/mol. The largest absolute Gasteiger partial charge is 0.113 e. The highest BCUT2D eigenvalue weighted by atomic mass is 79.9. The molecule has 0 spiro atoms. The number of hydrogen-bond donors (Lipinski definition) is 0. The third-order valence-electron chi connectivity index (χ3n) is 6.66. The van der Waals surface area contributed by atoms with Crippen LogP contribution < -0.4 is 5.46 Å². The Kier molecular flexibility index (Phi) is 6.91. The molecule has 2 heteroatoms. The van der Waals surface area contributed by atoms with Gasteiger partial charge in [0.25, 0.3) is 0 Å². The lowest BCUT2D eigenvalue weighted by Gasteiger charge is -2.36. The second-order valence-corrected chi connectivity index (χ2v) is 10.4. The molecule has 0 heterocycles. The van der Waals surface area contributed by atoms with Gasteiger partial charge in [-0.05, 0) is 65.1 Å². The van der Waals surface area contributed by atoms with Gasteiger partial charge in [-0.3, -0.25) is 0 Å². The average molecular weight is 481 g/mol. The fourth-order valence-corrected chi connectivity index (χ4v) is 5.22. The molecule has 1 atom stereocenters. The summed E-state index contributed by atoms with van der Waals surface area (Å²) in [5, 5.41) is 0. The average Bonchev–Trinajstić information content (AvgIpc) is 2.80. The molecule has 1 unspecified atom stereocenters. The molecule has 0 bridgehead atoms. The summed E-state index contributed by atoms with van der Waals surface area (Å²) >= 11 is 3.53. The molecule has 2 radical (unpaired) electrons. The minimum atomic E-state index is 0.0373. The van der Waals surface area contributed by atoms with E-state index in [2.05, 4.69) is 110 Å². The molecular formula is C30H30BBr. The Hall–Kier alpha value is -2.32. The van der Waals surface area contributed by atoms with Crippen molar-refractivity contribution in [2.75, 3.05) is 0 Å². The normalized spacial score (nSPS) is 15.8. The first kappa shape index (κ1) is 22.9. The molecule has 1 aliphatic carbocycles. The molecule has 160 valence electrons. The van der Waals surface area contributed by atoms with Gasteiger partial charge in [-0.15, -0.1) is 0 Å². The van der Waals surface area contributed by atoms with Crippen LogP contribution in [0.3, 0.4) is 0 Å². The third kappa shape index (κ3) is 5.02. The molecule has 0 amide bonds. The maximum atomic E-state index is 5.87. The van der Waals surface area contributed by atoms with Crippen molar-refractivity contribution in [3.05, 3.63) is 106 Å². The Labute approximate surface area is 203 Å². The molecule has 32 heavy (non-hydrogen) atoms. The van der Waals surface area contributed by atoms with E-state index in [4.69, 9.17) is 7.85 Å². The highest BCUT2D eigenvalue weighted by Gasteiger charge is 2.32. The van der Waals surface area contributed by atoms with Crippen LogP contribution in [0.15, 0.2) is 95.0 Å². The van der Waals surface area contributed by atoms with Gasteiger partial charge in [0.2, 0.25) is 0 Å². The van der Waals surface area contributed by atoms with Crippen molar-refractivity contribution in [2.45, 2.75) is 45.4 Å². The van der Waals surface area contributed by atoms with E-state index in [1.165, 1.54) is 33.4 Å². The molecule has 1 aliphatic rings. The van der Waals surface area contributed by atoms with E-state index in [1.54, 1.807) is 0 Å². The van der Waals surface area contributed by atoms with E-state index in [9.17, 15) is 0 Å². The number of allylic oxidation sites excluding steroid dienone is 4. The van der Waals surface area contributed by atoms with Crippen molar-refractivity contribution in [1.82, 2.24) is 0 Å². The highest BCUT2D eigenvalue weighted by Crippen LogP contribution is 2.43. The first-order valence-electron chi connectivity index (χ1n) is 11.5. The number of benzene rings is 3. The molecule has 0 N–H and O–H groups in total. The number of hydrogen-bond acceptors (Lipinski definition) is 0. The van der Waals surface area contributed by atoms with Gasteiger partial charge in [-0.2, -0.15) is 0 Å². The van der Waals surface area contributed by atoms with Gasteiger partial charge in [-0.25, -0.2) is 0 Å². The Morgan fingerprint density at radius 1 is 0.781 bits per heavy atom. The molecule has 4 rings (SSSR count). The van der Waals surface area contributed by atoms with Gasteiger partial charge >= 0.3 is 0 Å². The zero-order chi connectivity index (χ0) is 22.7. The van der Waals surface area contributed by atoms with Crippen LogP contribution in [0, 0.1) is 5.92 Å². The summed E-state index contributed by atoms with van der Waals surface area (Å²) in [6.45, 7) is 7.08. The molecule has 0 fully saturated rings. The smallest absolute Gasteiger partial charge is 0.0966 e. The van der Waals surface area contributed by atoms with Gasteiger partial charge in [-0.1, -0.05) is 121 Å². The molecule has 3 aromatic carbocycles. The lowest BCUT2D eigenvalue weighted by atomic mass is 9.68. The maximum absolute atomic E-state index is 5.87. The Bertz CT molecular complexity index is 1120. The van der Waals surface area contributed by atoms with Crippen molar-refractivity contribution in [1.29, 1.82) is 0 Å². The van der Waals surface area contributed by atoms with Crippen molar-refractivity contribution in [3.63, 3.8) is 0 Å². The Balaban J connectivity index is 1.65. The molecule has 3 aromatic rings. The summed E-state index contributed by atoms with van der Waals surface area (Å²) in [6, 6.07) is 26.0. The van der Waals surface area contributed by atoms with Crippen LogP contribution in [0.4, 0.5) is 0 Å². The molecule has 0 saturated heterocycles. The van der Waals surface area contributed by atoms with Crippen molar-refractivity contribution in [2.24, 2.45) is 5.92 Å². The minimum absolute atomic E-state index is 0.0373. The second kappa shape index (κ2) is 9.67. The fourth-order valence-electron chi connectivity index (χ4n) is 4.96. The SMILES string of the molecule is [B]c1ccc(C2=CC=C(C(C)(CC(C)C)c3ccc(-c4ccc(Br)cc4)cc3)CC2)cc1. The topological polar surface area (TPSA) is 0 Å². The zero-order valence-corrected chi connectivity index (χ0v) is 20.8. The van der Waals surface area contributed by atoms with Crippen LogP contribution in [0.2, 0.25) is 0 Å². The zero-order valence-electron chi connectivity index (χ0n) is 19.2. The summed E-state index contributed by atoms with van der Waals surface area (Å²) in [6.07, 6.45) is 8.00. The van der Waals surface area contributed by atoms with Crippen molar-refractivity contribution >= 4 is 34.8 Å². The fraction of sp³-hybridized carbons (Fsp3) is 0.267. The summed E-state index contributed by atoms with van der Waals surface area (Å²) in [4.78, 5) is 0. The molecule has 0 aromatic heterocycles. The quantitative estimate of drug-likeness (QED) is 0.313. The van der Waals surface area contributed by atoms with Crippen LogP contribution in [-0.4, -0.2) is 7.85 Å². The van der Waals surface area contributed by atoms with E-state index in [0.717, 1.165) is 29.2 Å². The maximum Gasteiger partial charge on any atom is 0.113 e. The molecule has 0 nitrogen and oxygen atoms in total. The van der Waals surface area contributed by atoms with Gasteiger partial charge in [0.1, 0.15) is 7.85 Å². The first-order chi connectivity index (χ1) is 15.3. The highest BCUT2D eigenvalue weighted by molar-refractivity contribution is 9.10. The van der Waals surface area contributed by atoms with Gasteiger partial charge in [0, 0.05) is 9.89 Å². The lowest BCUT2D eigenvalue weighted by molar-refractivity contribution is 0.410. The summed E-state index contributed by atoms with van der Waals surface area (Å²) in [5.74, 6) is 0.620. The van der Waals surface area contributed by atoms with Crippen LogP contribution in [0.1, 0.15) is 51.2 Å². The van der Waals surface area contributed by atoms with Gasteiger partial charge in [0.05, 0.1) is 0 Å². The molecule has 0 aliphatic heterocycles. The lowest BCUT2D eigenvalue weighted by Crippen LogP contribution is -2.27. The van der Waals surface area contributed by atoms with Crippen LogP contribution >= 0.6 is 15.9 Å². The Morgan fingerprint density at radius 2 is 1.34 bits per heavy atom. The summed E-state index contributed by atoms with van der Waals surface area (Å²) in [5.41, 5.74) is 8.97. The van der Waals surface area contributed by atoms with E-state index >= 15 is 0 Å². The van der Waals surface area contributed by atoms with Gasteiger partial charge in [0.15, 0.2) is 0 Å².